The van der Waals surface area contributed by atoms with Gasteiger partial charge in [-0.25, -0.2) is 0 Å². The van der Waals surface area contributed by atoms with Crippen LogP contribution in [-0.2, 0) is 4.79 Å². The molecule has 0 saturated carbocycles. The van der Waals surface area contributed by atoms with Crippen LogP contribution in [-0.4, -0.2) is 43.0 Å². The predicted octanol–water partition coefficient (Wildman–Crippen LogP) is 0.740. The van der Waals surface area contributed by atoms with Gasteiger partial charge >= 0.3 is 5.97 Å². The van der Waals surface area contributed by atoms with Crippen molar-refractivity contribution in [2.45, 2.75) is 25.7 Å². The lowest BCUT2D eigenvalue weighted by atomic mass is 10.2. The quantitative estimate of drug-likeness (QED) is 0.315. The number of hydrogen-bond acceptors (Lipinski definition) is 4. The van der Waals surface area contributed by atoms with Gasteiger partial charge in [-0.2, -0.15) is 12.6 Å². The zero-order chi connectivity index (χ0) is 11.4. The number of unbranched alkanes of at least 4 members (excludes halogenated alkanes) is 1. The topological polar surface area (TPSA) is 61.4 Å². The Morgan fingerprint density at radius 2 is 1.60 bits per heavy atom. The molecule has 0 rings (SSSR count). The highest BCUT2D eigenvalue weighted by Crippen LogP contribution is 1.92. The Kier molecular flexibility index (Phi) is 11.6. The number of rotatable bonds is 11. The van der Waals surface area contributed by atoms with Crippen molar-refractivity contribution in [3.8, 4) is 0 Å². The molecule has 0 atom stereocenters. The van der Waals surface area contributed by atoms with Gasteiger partial charge < -0.3 is 15.7 Å². The Balaban J connectivity index is 2.89. The van der Waals surface area contributed by atoms with Crippen LogP contribution in [0.25, 0.3) is 0 Å². The minimum absolute atomic E-state index is 0.280. The fourth-order valence-electron chi connectivity index (χ4n) is 1.16. The molecule has 0 aromatic heterocycles. The summed E-state index contributed by atoms with van der Waals surface area (Å²) < 4.78 is 0. The summed E-state index contributed by atoms with van der Waals surface area (Å²) >= 11 is 4.12. The van der Waals surface area contributed by atoms with Crippen molar-refractivity contribution in [2.24, 2.45) is 0 Å². The van der Waals surface area contributed by atoms with Crippen LogP contribution >= 0.6 is 12.6 Å². The van der Waals surface area contributed by atoms with E-state index in [0.717, 1.165) is 51.2 Å². The maximum atomic E-state index is 10.2. The fraction of sp³-hybridized carbons (Fsp3) is 0.900. The Labute approximate surface area is 97.2 Å². The molecule has 0 fully saturated rings. The van der Waals surface area contributed by atoms with Gasteiger partial charge in [0.25, 0.3) is 0 Å². The SMILES string of the molecule is O=C(O)CCCCNCCNCCCS. The van der Waals surface area contributed by atoms with Crippen LogP contribution in [0, 0.1) is 0 Å². The van der Waals surface area contributed by atoms with Crippen LogP contribution in [0.1, 0.15) is 25.7 Å². The average Bonchev–Trinajstić information content (AvgIpc) is 2.20. The summed E-state index contributed by atoms with van der Waals surface area (Å²) in [4.78, 5) is 10.2. The molecule has 3 N–H and O–H groups in total. The molecule has 0 heterocycles. The average molecular weight is 234 g/mol. The van der Waals surface area contributed by atoms with Crippen molar-refractivity contribution in [1.29, 1.82) is 0 Å². The first kappa shape index (κ1) is 14.7. The first-order chi connectivity index (χ1) is 7.27. The standard InChI is InChI=1S/C10H22N2O2S/c13-10(14)4-1-2-5-11-7-8-12-6-3-9-15/h11-12,15H,1-9H2,(H,13,14). The molecule has 15 heavy (non-hydrogen) atoms. The van der Waals surface area contributed by atoms with E-state index in [0.29, 0.717) is 0 Å². The first-order valence-electron chi connectivity index (χ1n) is 5.51. The molecule has 4 nitrogen and oxygen atoms in total. The van der Waals surface area contributed by atoms with E-state index >= 15 is 0 Å². The molecule has 0 amide bonds. The number of nitrogens with one attached hydrogen (secondary N) is 2. The van der Waals surface area contributed by atoms with Gasteiger partial charge in [-0.1, -0.05) is 0 Å². The molecule has 0 aromatic rings. The highest BCUT2D eigenvalue weighted by molar-refractivity contribution is 7.80. The number of carbonyl (C=O) groups is 1. The molecular weight excluding hydrogens is 212 g/mol. The third-order valence-corrected chi connectivity index (χ3v) is 2.30. The number of carboxylic acids is 1. The summed E-state index contributed by atoms with van der Waals surface area (Å²) in [6.45, 7) is 3.83. The van der Waals surface area contributed by atoms with Crippen molar-refractivity contribution in [1.82, 2.24) is 10.6 Å². The van der Waals surface area contributed by atoms with Gasteiger partial charge in [0.2, 0.25) is 0 Å². The molecule has 5 heteroatoms. The lowest BCUT2D eigenvalue weighted by molar-refractivity contribution is -0.137. The number of thiol groups is 1. The normalized spacial score (nSPS) is 10.5. The van der Waals surface area contributed by atoms with Gasteiger partial charge in [0, 0.05) is 19.5 Å². The van der Waals surface area contributed by atoms with E-state index in [-0.39, 0.29) is 6.42 Å². The minimum atomic E-state index is -0.705. The molecule has 0 spiro atoms. The summed E-state index contributed by atoms with van der Waals surface area (Å²) in [5.74, 6) is 0.221. The van der Waals surface area contributed by atoms with E-state index in [1.165, 1.54) is 0 Å². The molecule has 0 radical (unpaired) electrons. The largest absolute Gasteiger partial charge is 0.481 e. The summed E-state index contributed by atoms with van der Waals surface area (Å²) in [6.07, 6.45) is 3.07. The van der Waals surface area contributed by atoms with Crippen LogP contribution in [0.5, 0.6) is 0 Å². The maximum absolute atomic E-state index is 10.2. The second-order valence-electron chi connectivity index (χ2n) is 3.43. The van der Waals surface area contributed by atoms with Crippen LogP contribution in [0.2, 0.25) is 0 Å². The smallest absolute Gasteiger partial charge is 0.303 e. The zero-order valence-electron chi connectivity index (χ0n) is 9.17. The lowest BCUT2D eigenvalue weighted by Gasteiger charge is -2.05. The van der Waals surface area contributed by atoms with Crippen LogP contribution in [0.3, 0.4) is 0 Å². The second-order valence-corrected chi connectivity index (χ2v) is 3.88. The molecule has 0 bridgehead atoms. The van der Waals surface area contributed by atoms with Crippen molar-refractivity contribution >= 4 is 18.6 Å². The molecule has 0 aliphatic rings. The second kappa shape index (κ2) is 11.8. The molecule has 0 aliphatic carbocycles. The Morgan fingerprint density at radius 1 is 1.00 bits per heavy atom. The predicted molar refractivity (Wildman–Crippen MR) is 65.7 cm³/mol. The van der Waals surface area contributed by atoms with Gasteiger partial charge in [0.1, 0.15) is 0 Å². The van der Waals surface area contributed by atoms with Gasteiger partial charge in [-0.05, 0) is 38.1 Å². The van der Waals surface area contributed by atoms with Gasteiger partial charge in [0.05, 0.1) is 0 Å². The maximum Gasteiger partial charge on any atom is 0.303 e. The highest BCUT2D eigenvalue weighted by atomic mass is 32.1. The summed E-state index contributed by atoms with van der Waals surface area (Å²) in [6, 6.07) is 0. The van der Waals surface area contributed by atoms with E-state index in [9.17, 15) is 4.79 Å². The van der Waals surface area contributed by atoms with Crippen molar-refractivity contribution < 1.29 is 9.90 Å². The summed E-state index contributed by atoms with van der Waals surface area (Å²) in [7, 11) is 0. The monoisotopic (exact) mass is 234 g/mol. The van der Waals surface area contributed by atoms with E-state index in [1.807, 2.05) is 0 Å². The summed E-state index contributed by atoms with van der Waals surface area (Å²) in [5.41, 5.74) is 0. The molecule has 0 aromatic carbocycles. The first-order valence-corrected chi connectivity index (χ1v) is 6.14. The highest BCUT2D eigenvalue weighted by Gasteiger charge is 1.95. The molecular formula is C10H22N2O2S. The van der Waals surface area contributed by atoms with E-state index in [1.54, 1.807) is 0 Å². The molecule has 0 saturated heterocycles. The number of carboxylic acid groups (broad SMARTS) is 1. The Hall–Kier alpha value is -0.260. The minimum Gasteiger partial charge on any atom is -0.481 e. The summed E-state index contributed by atoms with van der Waals surface area (Å²) in [5, 5.41) is 15.0. The van der Waals surface area contributed by atoms with Crippen molar-refractivity contribution in [2.75, 3.05) is 31.9 Å². The third-order valence-electron chi connectivity index (χ3n) is 1.98. The lowest BCUT2D eigenvalue weighted by Crippen LogP contribution is -2.28. The van der Waals surface area contributed by atoms with Crippen LogP contribution in [0.4, 0.5) is 0 Å². The van der Waals surface area contributed by atoms with E-state index in [2.05, 4.69) is 23.3 Å². The van der Waals surface area contributed by atoms with E-state index < -0.39 is 5.97 Å². The molecule has 0 unspecified atom stereocenters. The Bertz CT molecular complexity index is 156. The number of hydrogen-bond donors (Lipinski definition) is 4. The fourth-order valence-corrected chi connectivity index (χ4v) is 1.32. The van der Waals surface area contributed by atoms with Crippen molar-refractivity contribution in [3.63, 3.8) is 0 Å². The zero-order valence-corrected chi connectivity index (χ0v) is 10.1. The number of aliphatic carboxylic acids is 1. The molecule has 90 valence electrons. The Morgan fingerprint density at radius 3 is 2.13 bits per heavy atom. The van der Waals surface area contributed by atoms with Crippen LogP contribution < -0.4 is 10.6 Å². The van der Waals surface area contributed by atoms with Gasteiger partial charge in [0.15, 0.2) is 0 Å². The van der Waals surface area contributed by atoms with E-state index in [4.69, 9.17) is 5.11 Å². The van der Waals surface area contributed by atoms with Gasteiger partial charge in [-0.3, -0.25) is 4.79 Å². The molecule has 0 aliphatic heterocycles. The van der Waals surface area contributed by atoms with Gasteiger partial charge in [-0.15, -0.1) is 0 Å². The van der Waals surface area contributed by atoms with Crippen LogP contribution in [0.15, 0.2) is 0 Å². The van der Waals surface area contributed by atoms with Crippen molar-refractivity contribution in [3.05, 3.63) is 0 Å². The third kappa shape index (κ3) is 13.7.